The zero-order chi connectivity index (χ0) is 15.3. The van der Waals surface area contributed by atoms with Gasteiger partial charge in [0.05, 0.1) is 5.92 Å². The average Bonchev–Trinajstić information content (AvgIpc) is 2.43. The third kappa shape index (κ3) is 4.92. The van der Waals surface area contributed by atoms with Crippen molar-refractivity contribution in [1.29, 1.82) is 0 Å². The van der Waals surface area contributed by atoms with E-state index < -0.39 is 18.1 Å². The maximum absolute atomic E-state index is 12.9. The molecule has 0 spiro atoms. The van der Waals surface area contributed by atoms with Crippen molar-refractivity contribution < 1.29 is 17.9 Å². The maximum Gasteiger partial charge on any atom is 0.393 e. The summed E-state index contributed by atoms with van der Waals surface area (Å²) in [4.78, 5) is 0. The van der Waals surface area contributed by atoms with Gasteiger partial charge in [-0.3, -0.25) is 0 Å². The van der Waals surface area contributed by atoms with Gasteiger partial charge in [-0.15, -0.1) is 0 Å². The van der Waals surface area contributed by atoms with Crippen molar-refractivity contribution in [3.8, 4) is 5.75 Å². The van der Waals surface area contributed by atoms with Crippen LogP contribution in [0.1, 0.15) is 31.2 Å². The van der Waals surface area contributed by atoms with Crippen LogP contribution < -0.4 is 10.1 Å². The van der Waals surface area contributed by atoms with Crippen molar-refractivity contribution in [1.82, 2.24) is 5.32 Å². The maximum atomic E-state index is 12.9. The summed E-state index contributed by atoms with van der Waals surface area (Å²) in [6.07, 6.45) is -1.74. The van der Waals surface area contributed by atoms with Crippen LogP contribution >= 0.6 is 0 Å². The molecule has 21 heavy (non-hydrogen) atoms. The molecule has 1 aliphatic rings. The van der Waals surface area contributed by atoms with E-state index in [1.54, 1.807) is 0 Å². The number of hydrogen-bond acceptors (Lipinski definition) is 2. The molecule has 1 aromatic carbocycles. The second-order valence-corrected chi connectivity index (χ2v) is 5.66. The van der Waals surface area contributed by atoms with Crippen LogP contribution in [-0.4, -0.2) is 25.4 Å². The molecule has 5 heteroatoms. The number of hydrogen-bond donors (Lipinski definition) is 1. The zero-order valence-corrected chi connectivity index (χ0v) is 12.2. The van der Waals surface area contributed by atoms with Gasteiger partial charge in [0.15, 0.2) is 0 Å². The van der Waals surface area contributed by atoms with Crippen LogP contribution in [0, 0.1) is 12.8 Å². The Morgan fingerprint density at radius 2 is 2.00 bits per heavy atom. The highest BCUT2D eigenvalue weighted by Crippen LogP contribution is 2.37. The van der Waals surface area contributed by atoms with Crippen LogP contribution in [-0.2, 0) is 0 Å². The molecule has 0 bridgehead atoms. The van der Waals surface area contributed by atoms with E-state index in [1.807, 2.05) is 31.2 Å². The lowest BCUT2D eigenvalue weighted by Gasteiger charge is -2.33. The molecule has 0 aromatic heterocycles. The summed E-state index contributed by atoms with van der Waals surface area (Å²) in [6, 6.07) is 7.17. The topological polar surface area (TPSA) is 21.3 Å². The minimum absolute atomic E-state index is 0.236. The summed E-state index contributed by atoms with van der Waals surface area (Å²) < 4.78 is 44.4. The molecule has 0 amide bonds. The Morgan fingerprint density at radius 1 is 1.24 bits per heavy atom. The van der Waals surface area contributed by atoms with Gasteiger partial charge in [0.25, 0.3) is 0 Å². The normalized spacial score (nSPS) is 23.0. The highest BCUT2D eigenvalue weighted by Gasteiger charge is 2.45. The van der Waals surface area contributed by atoms with Crippen LogP contribution in [0.25, 0.3) is 0 Å². The van der Waals surface area contributed by atoms with Crippen molar-refractivity contribution >= 4 is 0 Å². The predicted octanol–water partition coefficient (Wildman–Crippen LogP) is 4.08. The quantitative estimate of drug-likeness (QED) is 0.827. The van der Waals surface area contributed by atoms with Crippen molar-refractivity contribution in [3.05, 3.63) is 29.8 Å². The van der Waals surface area contributed by atoms with Gasteiger partial charge in [-0.1, -0.05) is 25.0 Å². The van der Waals surface area contributed by atoms with Crippen LogP contribution in [0.2, 0.25) is 0 Å². The lowest BCUT2D eigenvalue weighted by atomic mass is 9.84. The molecule has 0 radical (unpaired) electrons. The van der Waals surface area contributed by atoms with Crippen molar-refractivity contribution in [3.63, 3.8) is 0 Å². The van der Waals surface area contributed by atoms with Gasteiger partial charge >= 0.3 is 6.18 Å². The van der Waals surface area contributed by atoms with E-state index in [0.717, 1.165) is 17.7 Å². The second-order valence-electron chi connectivity index (χ2n) is 5.66. The summed E-state index contributed by atoms with van der Waals surface area (Å²) >= 11 is 0. The van der Waals surface area contributed by atoms with Gasteiger partial charge in [0, 0.05) is 12.6 Å². The Labute approximate surface area is 123 Å². The molecular formula is C16H22F3NO. The minimum atomic E-state index is -4.10. The first-order chi connectivity index (χ1) is 9.97. The molecular weight excluding hydrogens is 279 g/mol. The average molecular weight is 301 g/mol. The predicted molar refractivity (Wildman–Crippen MR) is 76.5 cm³/mol. The first-order valence-electron chi connectivity index (χ1n) is 7.46. The fourth-order valence-corrected chi connectivity index (χ4v) is 2.89. The summed E-state index contributed by atoms with van der Waals surface area (Å²) in [6.45, 7) is 2.79. The number of halogens is 3. The molecule has 1 saturated carbocycles. The Balaban J connectivity index is 1.76. The number of nitrogens with one attached hydrogen (secondary N) is 1. The molecule has 2 atom stereocenters. The fraction of sp³-hybridized carbons (Fsp3) is 0.625. The number of ether oxygens (including phenoxy) is 1. The number of benzene rings is 1. The Hall–Kier alpha value is -1.23. The summed E-state index contributed by atoms with van der Waals surface area (Å²) in [7, 11) is 0. The molecule has 0 aliphatic heterocycles. The molecule has 1 aliphatic carbocycles. The third-order valence-corrected chi connectivity index (χ3v) is 3.95. The highest BCUT2D eigenvalue weighted by atomic mass is 19.4. The van der Waals surface area contributed by atoms with E-state index in [2.05, 4.69) is 5.32 Å². The molecule has 1 aromatic rings. The molecule has 0 heterocycles. The first kappa shape index (κ1) is 16.1. The van der Waals surface area contributed by atoms with Gasteiger partial charge in [0.1, 0.15) is 12.4 Å². The Morgan fingerprint density at radius 3 is 2.71 bits per heavy atom. The number of rotatable bonds is 5. The van der Waals surface area contributed by atoms with Crippen molar-refractivity contribution in [2.45, 2.75) is 44.8 Å². The molecule has 1 N–H and O–H groups in total. The fourth-order valence-electron chi connectivity index (χ4n) is 2.89. The second kappa shape index (κ2) is 7.16. The lowest BCUT2D eigenvalue weighted by molar-refractivity contribution is -0.188. The van der Waals surface area contributed by atoms with Crippen molar-refractivity contribution in [2.75, 3.05) is 13.2 Å². The molecule has 2 unspecified atom stereocenters. The molecule has 0 saturated heterocycles. The Kier molecular flexibility index (Phi) is 5.51. The highest BCUT2D eigenvalue weighted by molar-refractivity contribution is 5.27. The third-order valence-electron chi connectivity index (χ3n) is 3.95. The van der Waals surface area contributed by atoms with E-state index in [-0.39, 0.29) is 6.42 Å². The van der Waals surface area contributed by atoms with Crippen molar-refractivity contribution in [2.24, 2.45) is 5.92 Å². The molecule has 1 fully saturated rings. The largest absolute Gasteiger partial charge is 0.492 e. The van der Waals surface area contributed by atoms with Crippen LogP contribution in [0.4, 0.5) is 13.2 Å². The monoisotopic (exact) mass is 301 g/mol. The lowest BCUT2D eigenvalue weighted by Crippen LogP contribution is -2.46. The number of aryl methyl sites for hydroxylation is 1. The zero-order valence-electron chi connectivity index (χ0n) is 12.2. The van der Waals surface area contributed by atoms with E-state index >= 15 is 0 Å². The van der Waals surface area contributed by atoms with Crippen LogP contribution in [0.3, 0.4) is 0 Å². The van der Waals surface area contributed by atoms with Gasteiger partial charge in [-0.2, -0.15) is 13.2 Å². The van der Waals surface area contributed by atoms with Gasteiger partial charge in [-0.25, -0.2) is 0 Å². The SMILES string of the molecule is Cc1cccc(OCCNC2CCCCC2C(F)(F)F)c1. The summed E-state index contributed by atoms with van der Waals surface area (Å²) in [5, 5.41) is 3.02. The van der Waals surface area contributed by atoms with E-state index in [0.29, 0.717) is 26.0 Å². The van der Waals surface area contributed by atoms with Gasteiger partial charge in [-0.05, 0) is 37.5 Å². The molecule has 2 rings (SSSR count). The van der Waals surface area contributed by atoms with E-state index in [9.17, 15) is 13.2 Å². The van der Waals surface area contributed by atoms with E-state index in [4.69, 9.17) is 4.74 Å². The summed E-state index contributed by atoms with van der Waals surface area (Å²) in [5.74, 6) is -0.460. The molecule has 2 nitrogen and oxygen atoms in total. The van der Waals surface area contributed by atoms with Gasteiger partial charge < -0.3 is 10.1 Å². The summed E-state index contributed by atoms with van der Waals surface area (Å²) in [5.41, 5.74) is 1.10. The number of alkyl halides is 3. The standard InChI is InChI=1S/C16H22F3NO/c1-12-5-4-6-13(11-12)21-10-9-20-15-8-3-2-7-14(15)16(17,18)19/h4-6,11,14-15,20H,2-3,7-10H2,1H3. The minimum Gasteiger partial charge on any atom is -0.492 e. The Bertz CT molecular complexity index is 447. The molecule has 118 valence electrons. The smallest absolute Gasteiger partial charge is 0.393 e. The van der Waals surface area contributed by atoms with Gasteiger partial charge in [0.2, 0.25) is 0 Å². The first-order valence-corrected chi connectivity index (χ1v) is 7.46. The van der Waals surface area contributed by atoms with E-state index in [1.165, 1.54) is 0 Å². The van der Waals surface area contributed by atoms with Crippen LogP contribution in [0.15, 0.2) is 24.3 Å². The van der Waals surface area contributed by atoms with Crippen LogP contribution in [0.5, 0.6) is 5.75 Å².